The molecule has 0 aromatic carbocycles. The number of furan rings is 1. The minimum atomic E-state index is 0.00747. The highest BCUT2D eigenvalue weighted by Crippen LogP contribution is 2.28. The van der Waals surface area contributed by atoms with Crippen LogP contribution in [0.25, 0.3) is 6.08 Å². The van der Waals surface area contributed by atoms with Crippen LogP contribution in [0.15, 0.2) is 65.8 Å². The average Bonchev–Trinajstić information content (AvgIpc) is 3.27. The van der Waals surface area contributed by atoms with Crippen molar-refractivity contribution in [3.05, 3.63) is 72.7 Å². The molecule has 3 aromatic rings. The summed E-state index contributed by atoms with van der Waals surface area (Å²) >= 11 is 0. The van der Waals surface area contributed by atoms with Gasteiger partial charge in [-0.2, -0.15) is 0 Å². The van der Waals surface area contributed by atoms with Crippen LogP contribution in [0.1, 0.15) is 30.1 Å². The van der Waals surface area contributed by atoms with Crippen LogP contribution in [0.4, 0.5) is 11.6 Å². The average molecular weight is 375 g/mol. The van der Waals surface area contributed by atoms with Crippen LogP contribution >= 0.6 is 0 Å². The molecular formula is C21H21N5O2. The standard InChI is InChI=1S/C21H21N5O2/c27-21(6-5-18-4-2-12-28-18)26-11-1-3-17(15-26)16-7-8-23-19(13-16)25-20-14-22-9-10-24-20/h2,4-10,12-14,17H,1,3,11,15H2,(H,23,24,25)/b6-5+/t17-/m0/s1. The molecule has 4 heterocycles. The summed E-state index contributed by atoms with van der Waals surface area (Å²) in [4.78, 5) is 27.0. The van der Waals surface area contributed by atoms with Crippen LogP contribution in [0.3, 0.4) is 0 Å². The molecule has 28 heavy (non-hydrogen) atoms. The van der Waals surface area contributed by atoms with Gasteiger partial charge in [0.25, 0.3) is 0 Å². The van der Waals surface area contributed by atoms with E-state index < -0.39 is 0 Å². The SMILES string of the molecule is O=C(/C=C/c1ccco1)N1CCC[C@H](c2ccnc(Nc3cnccn3)c2)C1. The van der Waals surface area contributed by atoms with E-state index in [0.29, 0.717) is 18.1 Å². The van der Waals surface area contributed by atoms with Crippen LogP contribution in [0, 0.1) is 0 Å². The highest BCUT2D eigenvalue weighted by molar-refractivity contribution is 5.91. The van der Waals surface area contributed by atoms with Gasteiger partial charge in [0.15, 0.2) is 0 Å². The number of aromatic nitrogens is 3. The molecule has 7 heteroatoms. The summed E-state index contributed by atoms with van der Waals surface area (Å²) in [6.45, 7) is 1.46. The Kier molecular flexibility index (Phi) is 5.42. The third-order valence-electron chi connectivity index (χ3n) is 4.74. The van der Waals surface area contributed by atoms with Crippen LogP contribution in [-0.2, 0) is 4.79 Å². The number of rotatable bonds is 5. The number of likely N-dealkylation sites (tertiary alicyclic amines) is 1. The molecule has 3 aromatic heterocycles. The number of carbonyl (C=O) groups is 1. The molecule has 142 valence electrons. The normalized spacial score (nSPS) is 17.0. The molecule has 1 fully saturated rings. The molecule has 1 aliphatic rings. The van der Waals surface area contributed by atoms with Gasteiger partial charge in [-0.15, -0.1) is 0 Å². The fourth-order valence-electron chi connectivity index (χ4n) is 3.36. The van der Waals surface area contributed by atoms with Crippen LogP contribution in [-0.4, -0.2) is 38.8 Å². The van der Waals surface area contributed by atoms with Crippen molar-refractivity contribution in [1.82, 2.24) is 19.9 Å². The summed E-state index contributed by atoms with van der Waals surface area (Å²) in [5, 5.41) is 3.17. The summed E-state index contributed by atoms with van der Waals surface area (Å²) in [6.07, 6.45) is 13.6. The van der Waals surface area contributed by atoms with E-state index >= 15 is 0 Å². The Morgan fingerprint density at radius 2 is 2.14 bits per heavy atom. The van der Waals surface area contributed by atoms with Gasteiger partial charge >= 0.3 is 0 Å². The Morgan fingerprint density at radius 1 is 1.21 bits per heavy atom. The van der Waals surface area contributed by atoms with Crippen molar-refractivity contribution >= 4 is 23.6 Å². The molecule has 0 saturated carbocycles. The first-order chi connectivity index (χ1) is 13.8. The van der Waals surface area contributed by atoms with Gasteiger partial charge in [0.05, 0.1) is 12.5 Å². The molecule has 0 aliphatic carbocycles. The molecule has 1 amide bonds. The lowest BCUT2D eigenvalue weighted by atomic mass is 9.91. The molecule has 1 saturated heterocycles. The van der Waals surface area contributed by atoms with Gasteiger partial charge in [0.2, 0.25) is 5.91 Å². The maximum atomic E-state index is 12.5. The maximum absolute atomic E-state index is 12.5. The van der Waals surface area contributed by atoms with Crippen LogP contribution < -0.4 is 5.32 Å². The first kappa shape index (κ1) is 17.9. The molecule has 0 unspecified atom stereocenters. The van der Waals surface area contributed by atoms with Crippen LogP contribution in [0.2, 0.25) is 0 Å². The van der Waals surface area contributed by atoms with Crippen molar-refractivity contribution in [3.63, 3.8) is 0 Å². The van der Waals surface area contributed by atoms with E-state index in [4.69, 9.17) is 4.42 Å². The topological polar surface area (TPSA) is 84.2 Å². The van der Waals surface area contributed by atoms with Crippen molar-refractivity contribution < 1.29 is 9.21 Å². The minimum Gasteiger partial charge on any atom is -0.465 e. The number of amides is 1. The van der Waals surface area contributed by atoms with Crippen molar-refractivity contribution in [2.24, 2.45) is 0 Å². The van der Waals surface area contributed by atoms with Crippen molar-refractivity contribution in [2.45, 2.75) is 18.8 Å². The van der Waals surface area contributed by atoms with Gasteiger partial charge in [-0.1, -0.05) is 0 Å². The second kappa shape index (κ2) is 8.47. The number of nitrogens with zero attached hydrogens (tertiary/aromatic N) is 4. The molecule has 1 N–H and O–H groups in total. The molecule has 7 nitrogen and oxygen atoms in total. The number of pyridine rings is 1. The predicted octanol–water partition coefficient (Wildman–Crippen LogP) is 3.63. The van der Waals surface area contributed by atoms with E-state index in [9.17, 15) is 4.79 Å². The lowest BCUT2D eigenvalue weighted by Gasteiger charge is -2.32. The maximum Gasteiger partial charge on any atom is 0.246 e. The first-order valence-electron chi connectivity index (χ1n) is 9.27. The fraction of sp³-hybridized carbons (Fsp3) is 0.238. The number of carbonyl (C=O) groups excluding carboxylic acids is 1. The van der Waals surface area contributed by atoms with Gasteiger partial charge in [0, 0.05) is 43.7 Å². The molecule has 4 rings (SSSR count). The Morgan fingerprint density at radius 3 is 2.96 bits per heavy atom. The summed E-state index contributed by atoms with van der Waals surface area (Å²) in [5.41, 5.74) is 1.16. The first-order valence-corrected chi connectivity index (χ1v) is 9.27. The number of hydrogen-bond donors (Lipinski definition) is 1. The zero-order valence-corrected chi connectivity index (χ0v) is 15.4. The van der Waals surface area contributed by atoms with Crippen LogP contribution in [0.5, 0.6) is 0 Å². The smallest absolute Gasteiger partial charge is 0.246 e. The lowest BCUT2D eigenvalue weighted by molar-refractivity contribution is -0.127. The van der Waals surface area contributed by atoms with Gasteiger partial charge in [0.1, 0.15) is 17.4 Å². The Bertz CT molecular complexity index is 940. The molecule has 1 aliphatic heterocycles. The van der Waals surface area contributed by atoms with Gasteiger partial charge in [-0.25, -0.2) is 9.97 Å². The third kappa shape index (κ3) is 4.43. The Hall–Kier alpha value is -3.48. The number of piperidine rings is 1. The highest BCUT2D eigenvalue weighted by Gasteiger charge is 2.24. The van der Waals surface area contributed by atoms with E-state index in [0.717, 1.165) is 30.8 Å². The second-order valence-electron chi connectivity index (χ2n) is 6.66. The van der Waals surface area contributed by atoms with Gasteiger partial charge in [-0.05, 0) is 48.7 Å². The largest absolute Gasteiger partial charge is 0.465 e. The van der Waals surface area contributed by atoms with E-state index in [1.807, 2.05) is 23.1 Å². The predicted molar refractivity (Wildman–Crippen MR) is 106 cm³/mol. The van der Waals surface area contributed by atoms with Gasteiger partial charge < -0.3 is 14.6 Å². The zero-order chi connectivity index (χ0) is 19.2. The fourth-order valence-corrected chi connectivity index (χ4v) is 3.36. The summed E-state index contributed by atoms with van der Waals surface area (Å²) in [6, 6.07) is 7.66. The summed E-state index contributed by atoms with van der Waals surface area (Å²) in [5.74, 6) is 2.33. The van der Waals surface area contributed by atoms with Crippen molar-refractivity contribution in [2.75, 3.05) is 18.4 Å². The van der Waals surface area contributed by atoms with E-state index in [-0.39, 0.29) is 11.8 Å². The van der Waals surface area contributed by atoms with E-state index in [1.54, 1.807) is 49.3 Å². The molecule has 0 spiro atoms. The minimum absolute atomic E-state index is 0.00747. The Balaban J connectivity index is 1.43. The van der Waals surface area contributed by atoms with E-state index in [2.05, 4.69) is 20.3 Å². The number of nitrogens with one attached hydrogen (secondary N) is 1. The number of hydrogen-bond acceptors (Lipinski definition) is 6. The summed E-state index contributed by atoms with van der Waals surface area (Å²) in [7, 11) is 0. The molecule has 0 radical (unpaired) electrons. The van der Waals surface area contributed by atoms with Crippen molar-refractivity contribution in [3.8, 4) is 0 Å². The van der Waals surface area contributed by atoms with E-state index in [1.165, 1.54) is 0 Å². The summed E-state index contributed by atoms with van der Waals surface area (Å²) < 4.78 is 5.24. The third-order valence-corrected chi connectivity index (χ3v) is 4.74. The molecule has 0 bridgehead atoms. The number of anilines is 2. The monoisotopic (exact) mass is 375 g/mol. The Labute approximate surface area is 163 Å². The van der Waals surface area contributed by atoms with Gasteiger partial charge in [-0.3, -0.25) is 9.78 Å². The second-order valence-corrected chi connectivity index (χ2v) is 6.66. The van der Waals surface area contributed by atoms with Crippen molar-refractivity contribution in [1.29, 1.82) is 0 Å². The zero-order valence-electron chi connectivity index (χ0n) is 15.4. The quantitative estimate of drug-likeness (QED) is 0.686. The lowest BCUT2D eigenvalue weighted by Crippen LogP contribution is -2.38. The molecular weight excluding hydrogens is 354 g/mol. The highest BCUT2D eigenvalue weighted by atomic mass is 16.3. The molecule has 1 atom stereocenters.